The molecule has 7 heteroatoms. The Morgan fingerprint density at radius 1 is 1.47 bits per heavy atom. The lowest BCUT2D eigenvalue weighted by atomic mass is 10.4. The molecule has 0 saturated heterocycles. The quantitative estimate of drug-likeness (QED) is 0.883. The number of thiophene rings is 1. The van der Waals surface area contributed by atoms with Crippen molar-refractivity contribution in [3.8, 4) is 0 Å². The molecule has 0 bridgehead atoms. The summed E-state index contributed by atoms with van der Waals surface area (Å²) in [6.07, 6.45) is 0. The Kier molecular flexibility index (Phi) is 4.27. The van der Waals surface area contributed by atoms with Crippen molar-refractivity contribution in [1.82, 2.24) is 10.3 Å². The van der Waals surface area contributed by atoms with E-state index in [9.17, 15) is 4.79 Å². The number of hydrogen-bond donors (Lipinski definition) is 2. The van der Waals surface area contributed by atoms with Crippen LogP contribution in [0.2, 0.25) is 0 Å². The normalized spacial score (nSPS) is 10.6. The van der Waals surface area contributed by atoms with E-state index in [4.69, 9.17) is 5.11 Å². The van der Waals surface area contributed by atoms with Crippen LogP contribution in [0.4, 0.5) is 0 Å². The third-order valence-corrected chi connectivity index (χ3v) is 4.47. The van der Waals surface area contributed by atoms with Gasteiger partial charge >= 0.3 is 5.97 Å². The molecule has 0 unspecified atom stereocenters. The van der Waals surface area contributed by atoms with Crippen LogP contribution in [-0.4, -0.2) is 16.1 Å². The highest BCUT2D eigenvalue weighted by Gasteiger charge is 2.08. The van der Waals surface area contributed by atoms with Crippen LogP contribution in [0.3, 0.4) is 0 Å². The fraction of sp³-hybridized carbons (Fsp3) is 0.200. The maximum atomic E-state index is 10.6. The van der Waals surface area contributed by atoms with E-state index in [0.717, 1.165) is 27.4 Å². The van der Waals surface area contributed by atoms with Crippen molar-refractivity contribution < 1.29 is 9.90 Å². The van der Waals surface area contributed by atoms with E-state index in [2.05, 4.69) is 26.2 Å². The first-order valence-electron chi connectivity index (χ1n) is 4.78. The summed E-state index contributed by atoms with van der Waals surface area (Å²) in [5.74, 6) is -0.969. The lowest BCUT2D eigenvalue weighted by Gasteiger charge is -1.99. The number of aromatic carboxylic acids is 1. The smallest absolute Gasteiger partial charge is 0.365 e. The number of carbonyl (C=O) groups is 1. The van der Waals surface area contributed by atoms with Gasteiger partial charge in [-0.1, -0.05) is 0 Å². The second-order valence-corrected chi connectivity index (χ2v) is 6.66. The van der Waals surface area contributed by atoms with Crippen LogP contribution in [-0.2, 0) is 13.1 Å². The molecule has 0 aliphatic rings. The summed E-state index contributed by atoms with van der Waals surface area (Å²) in [7, 11) is 0. The molecule has 0 fully saturated rings. The van der Waals surface area contributed by atoms with Gasteiger partial charge in [-0.25, -0.2) is 9.78 Å². The molecule has 17 heavy (non-hydrogen) atoms. The third-order valence-electron chi connectivity index (χ3n) is 1.97. The fourth-order valence-corrected chi connectivity index (χ4v) is 3.35. The zero-order chi connectivity index (χ0) is 12.3. The monoisotopic (exact) mass is 332 g/mol. The van der Waals surface area contributed by atoms with Crippen molar-refractivity contribution in [3.05, 3.63) is 36.9 Å². The first-order chi connectivity index (χ1) is 8.15. The lowest BCUT2D eigenvalue weighted by Crippen LogP contribution is -2.12. The average Bonchev–Trinajstić information content (AvgIpc) is 2.88. The molecule has 0 aliphatic heterocycles. The first kappa shape index (κ1) is 12.7. The molecule has 0 spiro atoms. The summed E-state index contributed by atoms with van der Waals surface area (Å²) < 4.78 is 1.11. The van der Waals surface area contributed by atoms with Gasteiger partial charge in [0, 0.05) is 23.3 Å². The van der Waals surface area contributed by atoms with Crippen LogP contribution in [0.1, 0.15) is 20.4 Å². The number of nitrogens with one attached hydrogen (secondary N) is 1. The fourth-order valence-electron chi connectivity index (χ4n) is 1.25. The van der Waals surface area contributed by atoms with Gasteiger partial charge in [-0.15, -0.1) is 22.7 Å². The van der Waals surface area contributed by atoms with Gasteiger partial charge in [-0.3, -0.25) is 0 Å². The van der Waals surface area contributed by atoms with E-state index in [1.54, 1.807) is 16.7 Å². The molecule has 0 atom stereocenters. The Morgan fingerprint density at radius 3 is 2.88 bits per heavy atom. The maximum absolute atomic E-state index is 10.6. The van der Waals surface area contributed by atoms with Gasteiger partial charge in [0.15, 0.2) is 0 Å². The highest BCUT2D eigenvalue weighted by Crippen LogP contribution is 2.21. The minimum atomic E-state index is -0.969. The number of halogens is 1. The highest BCUT2D eigenvalue weighted by molar-refractivity contribution is 9.11. The van der Waals surface area contributed by atoms with Crippen molar-refractivity contribution in [1.29, 1.82) is 0 Å². The summed E-state index contributed by atoms with van der Waals surface area (Å²) >= 11 is 6.23. The molecule has 2 aromatic heterocycles. The maximum Gasteiger partial charge on any atom is 0.365 e. The molecule has 0 radical (unpaired) electrons. The van der Waals surface area contributed by atoms with Crippen LogP contribution < -0.4 is 5.32 Å². The molecule has 2 aromatic rings. The largest absolute Gasteiger partial charge is 0.476 e. The van der Waals surface area contributed by atoms with Crippen molar-refractivity contribution in [2.75, 3.05) is 0 Å². The van der Waals surface area contributed by atoms with E-state index < -0.39 is 5.97 Å². The van der Waals surface area contributed by atoms with Crippen molar-refractivity contribution >= 4 is 44.6 Å². The summed E-state index contributed by atoms with van der Waals surface area (Å²) in [4.78, 5) is 15.9. The lowest BCUT2D eigenvalue weighted by molar-refractivity contribution is 0.0696. The van der Waals surface area contributed by atoms with Gasteiger partial charge in [0.2, 0.25) is 5.01 Å². The number of rotatable bonds is 5. The number of carboxylic acids is 1. The van der Waals surface area contributed by atoms with E-state index in [1.165, 1.54) is 4.88 Å². The SMILES string of the molecule is O=C(O)c1nc(CNCc2ccc(Br)s2)cs1. The first-order valence-corrected chi connectivity index (χ1v) is 7.26. The predicted octanol–water partition coefficient (Wildman–Crippen LogP) is 2.96. The molecule has 0 saturated carbocycles. The van der Waals surface area contributed by atoms with E-state index in [1.807, 2.05) is 12.1 Å². The number of aromatic nitrogens is 1. The van der Waals surface area contributed by atoms with Gasteiger partial charge in [0.25, 0.3) is 0 Å². The average molecular weight is 333 g/mol. The zero-order valence-corrected chi connectivity index (χ0v) is 11.9. The minimum Gasteiger partial charge on any atom is -0.476 e. The molecule has 0 aliphatic carbocycles. The number of thiazole rings is 1. The third kappa shape index (κ3) is 3.60. The summed E-state index contributed by atoms with van der Waals surface area (Å²) in [5.41, 5.74) is 0.767. The predicted molar refractivity (Wildman–Crippen MR) is 71.6 cm³/mol. The van der Waals surface area contributed by atoms with Gasteiger partial charge in [0.05, 0.1) is 9.48 Å². The van der Waals surface area contributed by atoms with E-state index in [0.29, 0.717) is 6.54 Å². The van der Waals surface area contributed by atoms with Crippen molar-refractivity contribution in [2.45, 2.75) is 13.1 Å². The Balaban J connectivity index is 1.83. The molecule has 4 nitrogen and oxygen atoms in total. The second-order valence-electron chi connectivity index (χ2n) is 3.26. The van der Waals surface area contributed by atoms with Crippen LogP contribution in [0.25, 0.3) is 0 Å². The number of nitrogens with zero attached hydrogens (tertiary/aromatic N) is 1. The minimum absolute atomic E-state index is 0.140. The molecular formula is C10H9BrN2O2S2. The Morgan fingerprint density at radius 2 is 2.29 bits per heavy atom. The second kappa shape index (κ2) is 5.72. The number of carboxylic acid groups (broad SMARTS) is 1. The Bertz CT molecular complexity index is 524. The molecule has 2 rings (SSSR count). The summed E-state index contributed by atoms with van der Waals surface area (Å²) in [6, 6.07) is 4.05. The van der Waals surface area contributed by atoms with Crippen molar-refractivity contribution in [2.24, 2.45) is 0 Å². The molecule has 2 N–H and O–H groups in total. The molecule has 0 aromatic carbocycles. The van der Waals surface area contributed by atoms with E-state index >= 15 is 0 Å². The van der Waals surface area contributed by atoms with Gasteiger partial charge < -0.3 is 10.4 Å². The molecule has 2 heterocycles. The van der Waals surface area contributed by atoms with Crippen LogP contribution in [0.5, 0.6) is 0 Å². The highest BCUT2D eigenvalue weighted by atomic mass is 79.9. The topological polar surface area (TPSA) is 62.2 Å². The van der Waals surface area contributed by atoms with Crippen molar-refractivity contribution in [3.63, 3.8) is 0 Å². The van der Waals surface area contributed by atoms with Crippen LogP contribution in [0, 0.1) is 0 Å². The molecule has 90 valence electrons. The molecule has 0 amide bonds. The Hall–Kier alpha value is -0.760. The van der Waals surface area contributed by atoms with Gasteiger partial charge in [-0.2, -0.15) is 0 Å². The Labute approximate surface area is 114 Å². The zero-order valence-electron chi connectivity index (χ0n) is 8.64. The summed E-state index contributed by atoms with van der Waals surface area (Å²) in [6.45, 7) is 1.34. The standard InChI is InChI=1S/C10H9BrN2O2S2/c11-8-2-1-7(17-8)4-12-3-6-5-16-9(13-6)10(14)15/h1-2,5,12H,3-4H2,(H,14,15). The van der Waals surface area contributed by atoms with Gasteiger partial charge in [0.1, 0.15) is 0 Å². The van der Waals surface area contributed by atoms with E-state index in [-0.39, 0.29) is 5.01 Å². The van der Waals surface area contributed by atoms with Crippen LogP contribution in [0.15, 0.2) is 21.3 Å². The molecular weight excluding hydrogens is 324 g/mol. The van der Waals surface area contributed by atoms with Crippen LogP contribution >= 0.6 is 38.6 Å². The summed E-state index contributed by atoms with van der Waals surface area (Å²) in [5, 5.41) is 13.9. The van der Waals surface area contributed by atoms with Gasteiger partial charge in [-0.05, 0) is 28.1 Å². The number of hydrogen-bond acceptors (Lipinski definition) is 5.